The van der Waals surface area contributed by atoms with Crippen molar-refractivity contribution in [1.29, 1.82) is 0 Å². The van der Waals surface area contributed by atoms with E-state index in [1.54, 1.807) is 33.7 Å². The molecule has 8 nitrogen and oxygen atoms in total. The molecule has 1 saturated heterocycles. The number of amides is 1. The lowest BCUT2D eigenvalue weighted by atomic mass is 9.66. The van der Waals surface area contributed by atoms with E-state index in [9.17, 15) is 9.90 Å². The number of rotatable bonds is 8. The third-order valence-electron chi connectivity index (χ3n) is 7.09. The van der Waals surface area contributed by atoms with Gasteiger partial charge < -0.3 is 29.1 Å². The third kappa shape index (κ3) is 4.82. The Hall–Kier alpha value is -2.71. The van der Waals surface area contributed by atoms with Gasteiger partial charge in [-0.2, -0.15) is 0 Å². The van der Waals surface area contributed by atoms with Crippen molar-refractivity contribution in [1.82, 2.24) is 10.2 Å². The van der Waals surface area contributed by atoms with Crippen LogP contribution in [0.1, 0.15) is 49.5 Å². The normalized spacial score (nSPS) is 25.2. The Morgan fingerprint density at radius 2 is 1.94 bits per heavy atom. The second kappa shape index (κ2) is 10.1. The predicted octanol–water partition coefficient (Wildman–Crippen LogP) is 3.29. The standard InChI is InChI=1S/C25H34N2O6/c1-30-20-13-17(14-21(31-2)24(20)32-3)23-19-8-4-5-9-25(19,29)10-11-27(23)16-22(28)26-15-18-7-6-12-33-18/h6-7,12-14,19,23,29H,4-5,8-11,15-16H2,1-3H3,(H,26,28)/t19-,23+,25+/m0/s1. The summed E-state index contributed by atoms with van der Waals surface area (Å²) in [6.45, 7) is 1.21. The number of nitrogens with zero attached hydrogens (tertiary/aromatic N) is 1. The summed E-state index contributed by atoms with van der Waals surface area (Å²) in [5.74, 6) is 2.31. The molecule has 1 saturated carbocycles. The number of fused-ring (bicyclic) bond motifs is 1. The molecule has 0 unspecified atom stereocenters. The van der Waals surface area contributed by atoms with E-state index in [0.29, 0.717) is 42.5 Å². The van der Waals surface area contributed by atoms with E-state index in [2.05, 4.69) is 10.2 Å². The third-order valence-corrected chi connectivity index (χ3v) is 7.09. The van der Waals surface area contributed by atoms with Crippen molar-refractivity contribution in [3.8, 4) is 17.2 Å². The van der Waals surface area contributed by atoms with Gasteiger partial charge in [0.15, 0.2) is 11.5 Å². The van der Waals surface area contributed by atoms with Crippen LogP contribution in [0.25, 0.3) is 0 Å². The fraction of sp³-hybridized carbons (Fsp3) is 0.560. The van der Waals surface area contributed by atoms with Gasteiger partial charge >= 0.3 is 0 Å². The summed E-state index contributed by atoms with van der Waals surface area (Å²) in [4.78, 5) is 15.0. The van der Waals surface area contributed by atoms with Crippen LogP contribution >= 0.6 is 0 Å². The quantitative estimate of drug-likeness (QED) is 0.627. The monoisotopic (exact) mass is 458 g/mol. The molecule has 0 bridgehead atoms. The fourth-order valence-corrected chi connectivity index (χ4v) is 5.47. The molecule has 2 heterocycles. The zero-order valence-corrected chi connectivity index (χ0v) is 19.6. The van der Waals surface area contributed by atoms with E-state index < -0.39 is 5.60 Å². The molecule has 180 valence electrons. The highest BCUT2D eigenvalue weighted by Gasteiger charge is 2.49. The van der Waals surface area contributed by atoms with Gasteiger partial charge in [0.05, 0.1) is 46.3 Å². The molecule has 3 atom stereocenters. The number of likely N-dealkylation sites (tertiary alicyclic amines) is 1. The second-order valence-electron chi connectivity index (χ2n) is 8.94. The molecule has 1 aromatic carbocycles. The average Bonchev–Trinajstić information content (AvgIpc) is 3.35. The number of benzene rings is 1. The Kier molecular flexibility index (Phi) is 7.14. The number of ether oxygens (including phenoxy) is 3. The van der Waals surface area contributed by atoms with Gasteiger partial charge in [0.1, 0.15) is 5.76 Å². The maximum atomic E-state index is 12.8. The van der Waals surface area contributed by atoms with Crippen molar-refractivity contribution in [3.05, 3.63) is 41.9 Å². The molecule has 0 radical (unpaired) electrons. The molecule has 1 aliphatic heterocycles. The summed E-state index contributed by atoms with van der Waals surface area (Å²) in [5.41, 5.74) is 0.220. The van der Waals surface area contributed by atoms with Crippen molar-refractivity contribution in [2.24, 2.45) is 5.92 Å². The zero-order valence-electron chi connectivity index (χ0n) is 19.6. The van der Waals surface area contributed by atoms with Crippen molar-refractivity contribution in [3.63, 3.8) is 0 Å². The van der Waals surface area contributed by atoms with Crippen molar-refractivity contribution < 1.29 is 28.5 Å². The number of carbonyl (C=O) groups excluding carboxylic acids is 1. The minimum Gasteiger partial charge on any atom is -0.493 e. The molecule has 2 aromatic rings. The first-order chi connectivity index (χ1) is 16.0. The topological polar surface area (TPSA) is 93.4 Å². The Bertz CT molecular complexity index is 921. The largest absolute Gasteiger partial charge is 0.493 e. The molecule has 2 aliphatic rings. The maximum absolute atomic E-state index is 12.8. The fourth-order valence-electron chi connectivity index (χ4n) is 5.47. The highest BCUT2D eigenvalue weighted by Crippen LogP contribution is 2.51. The van der Waals surface area contributed by atoms with Crippen LogP contribution < -0.4 is 19.5 Å². The first kappa shape index (κ1) is 23.4. The van der Waals surface area contributed by atoms with Crippen LogP contribution in [0.4, 0.5) is 0 Å². The zero-order chi connectivity index (χ0) is 23.4. The highest BCUT2D eigenvalue weighted by atomic mass is 16.5. The number of nitrogens with one attached hydrogen (secondary N) is 1. The van der Waals surface area contributed by atoms with Gasteiger partial charge in [-0.1, -0.05) is 12.8 Å². The van der Waals surface area contributed by atoms with E-state index in [4.69, 9.17) is 18.6 Å². The van der Waals surface area contributed by atoms with E-state index in [0.717, 1.165) is 31.2 Å². The van der Waals surface area contributed by atoms with Gasteiger partial charge in [0.2, 0.25) is 11.7 Å². The van der Waals surface area contributed by atoms with E-state index in [-0.39, 0.29) is 24.4 Å². The van der Waals surface area contributed by atoms with Crippen LogP contribution in [0.5, 0.6) is 17.2 Å². The van der Waals surface area contributed by atoms with Crippen LogP contribution in [0.15, 0.2) is 34.9 Å². The minimum atomic E-state index is -0.732. The SMILES string of the molecule is COc1cc([C@@H]2[C@@H]3CCCC[C@@]3(O)CCN2CC(=O)NCc2ccco2)cc(OC)c1OC. The number of methoxy groups -OCH3 is 3. The molecule has 1 aliphatic carbocycles. The lowest BCUT2D eigenvalue weighted by Crippen LogP contribution is -2.56. The van der Waals surface area contributed by atoms with E-state index in [1.165, 1.54) is 0 Å². The molecule has 4 rings (SSSR count). The molecule has 2 fully saturated rings. The first-order valence-electron chi connectivity index (χ1n) is 11.5. The maximum Gasteiger partial charge on any atom is 0.234 e. The molecule has 1 aromatic heterocycles. The van der Waals surface area contributed by atoms with Gasteiger partial charge in [-0.3, -0.25) is 9.69 Å². The second-order valence-corrected chi connectivity index (χ2v) is 8.94. The smallest absolute Gasteiger partial charge is 0.234 e. The number of hydrogen-bond acceptors (Lipinski definition) is 7. The molecular formula is C25H34N2O6. The lowest BCUT2D eigenvalue weighted by molar-refractivity contribution is -0.138. The highest BCUT2D eigenvalue weighted by molar-refractivity contribution is 5.78. The van der Waals surface area contributed by atoms with Gasteiger partial charge in [-0.15, -0.1) is 0 Å². The van der Waals surface area contributed by atoms with E-state index >= 15 is 0 Å². The van der Waals surface area contributed by atoms with Gasteiger partial charge in [0, 0.05) is 18.5 Å². The molecular weight excluding hydrogens is 424 g/mol. The summed E-state index contributed by atoms with van der Waals surface area (Å²) in [7, 11) is 4.77. The number of furan rings is 1. The van der Waals surface area contributed by atoms with Gasteiger partial charge in [0.25, 0.3) is 0 Å². The average molecular weight is 459 g/mol. The Labute approximate surface area is 194 Å². The number of carbonyl (C=O) groups is 1. The minimum absolute atomic E-state index is 0.0145. The van der Waals surface area contributed by atoms with Gasteiger partial charge in [-0.25, -0.2) is 0 Å². The summed E-state index contributed by atoms with van der Waals surface area (Å²) in [6.07, 6.45) is 6.03. The summed E-state index contributed by atoms with van der Waals surface area (Å²) in [6, 6.07) is 7.38. The molecule has 33 heavy (non-hydrogen) atoms. The van der Waals surface area contributed by atoms with Crippen LogP contribution in [-0.4, -0.2) is 55.9 Å². The first-order valence-corrected chi connectivity index (χ1v) is 11.5. The molecule has 8 heteroatoms. The number of piperidine rings is 1. The Morgan fingerprint density at radius 1 is 1.18 bits per heavy atom. The summed E-state index contributed by atoms with van der Waals surface area (Å²) in [5, 5.41) is 14.5. The summed E-state index contributed by atoms with van der Waals surface area (Å²) >= 11 is 0. The van der Waals surface area contributed by atoms with Crippen LogP contribution in [-0.2, 0) is 11.3 Å². The Balaban J connectivity index is 1.64. The molecule has 2 N–H and O–H groups in total. The van der Waals surface area contributed by atoms with Gasteiger partial charge in [-0.05, 0) is 49.1 Å². The number of aliphatic hydroxyl groups is 1. The van der Waals surface area contributed by atoms with Crippen molar-refractivity contribution >= 4 is 5.91 Å². The summed E-state index contributed by atoms with van der Waals surface area (Å²) < 4.78 is 22.0. The molecule has 1 amide bonds. The predicted molar refractivity (Wildman–Crippen MR) is 122 cm³/mol. The van der Waals surface area contributed by atoms with Crippen LogP contribution in [0.3, 0.4) is 0 Å². The molecule has 0 spiro atoms. The lowest BCUT2D eigenvalue weighted by Gasteiger charge is -2.52. The van der Waals surface area contributed by atoms with Crippen LogP contribution in [0.2, 0.25) is 0 Å². The Morgan fingerprint density at radius 3 is 2.58 bits per heavy atom. The van der Waals surface area contributed by atoms with E-state index in [1.807, 2.05) is 18.2 Å². The van der Waals surface area contributed by atoms with Crippen LogP contribution in [0, 0.1) is 5.92 Å². The van der Waals surface area contributed by atoms with Crippen molar-refractivity contribution in [2.45, 2.75) is 50.3 Å². The van der Waals surface area contributed by atoms with Crippen molar-refractivity contribution in [2.75, 3.05) is 34.4 Å². The number of hydrogen-bond donors (Lipinski definition) is 2.